The van der Waals surface area contributed by atoms with E-state index in [4.69, 9.17) is 23.4 Å². The number of nitrogens with zero attached hydrogens (tertiary/aromatic N) is 3. The largest absolute Gasteiger partial charge is 0.497 e. The molecule has 0 amide bonds. The second kappa shape index (κ2) is 9.99. The van der Waals surface area contributed by atoms with Crippen LogP contribution in [0.5, 0.6) is 23.0 Å². The number of furan rings is 1. The molecule has 2 heterocycles. The maximum atomic E-state index is 13.5. The molecule has 2 aromatic heterocycles. The Morgan fingerprint density at radius 1 is 0.971 bits per heavy atom. The highest BCUT2D eigenvalue weighted by Crippen LogP contribution is 2.38. The van der Waals surface area contributed by atoms with Gasteiger partial charge in [-0.3, -0.25) is 4.79 Å². The fourth-order valence-electron chi connectivity index (χ4n) is 3.33. The van der Waals surface area contributed by atoms with Crippen molar-refractivity contribution in [2.45, 2.75) is 6.54 Å². The molecule has 0 aliphatic carbocycles. The zero-order valence-electron chi connectivity index (χ0n) is 19.2. The summed E-state index contributed by atoms with van der Waals surface area (Å²) in [5.41, 5.74) is 1.24. The molecule has 0 bridgehead atoms. The highest BCUT2D eigenvalue weighted by atomic mass is 16.5. The summed E-state index contributed by atoms with van der Waals surface area (Å²) in [6.07, 6.45) is 1.52. The molecule has 10 heteroatoms. The normalized spacial score (nSPS) is 10.6. The van der Waals surface area contributed by atoms with Crippen molar-refractivity contribution in [2.24, 2.45) is 0 Å². The summed E-state index contributed by atoms with van der Waals surface area (Å²) < 4.78 is 27.9. The summed E-state index contributed by atoms with van der Waals surface area (Å²) >= 11 is 0. The van der Waals surface area contributed by atoms with Gasteiger partial charge in [0.05, 0.1) is 34.7 Å². The third-order valence-corrected chi connectivity index (χ3v) is 5.06. The van der Waals surface area contributed by atoms with Gasteiger partial charge in [0.25, 0.3) is 5.91 Å². The van der Waals surface area contributed by atoms with Crippen LogP contribution in [0.3, 0.4) is 0 Å². The highest BCUT2D eigenvalue weighted by Gasteiger charge is 2.23. The third kappa shape index (κ3) is 4.51. The van der Waals surface area contributed by atoms with Gasteiger partial charge in [-0.25, -0.2) is 0 Å². The first-order valence-corrected chi connectivity index (χ1v) is 10.3. The number of nitrogens with one attached hydrogen (secondary N) is 1. The lowest BCUT2D eigenvalue weighted by atomic mass is 10.1. The van der Waals surface area contributed by atoms with E-state index in [1.807, 2.05) is 24.3 Å². The lowest BCUT2D eigenvalue weighted by molar-refractivity contribution is 0.0946. The topological polar surface area (TPSA) is 110 Å². The van der Waals surface area contributed by atoms with Crippen molar-refractivity contribution in [3.05, 3.63) is 65.9 Å². The average Bonchev–Trinajstić information content (AvgIpc) is 3.56. The number of carbonyl (C=O) groups is 1. The Labute approximate surface area is 196 Å². The van der Waals surface area contributed by atoms with Gasteiger partial charge in [0, 0.05) is 12.1 Å². The molecule has 2 aromatic carbocycles. The van der Waals surface area contributed by atoms with E-state index >= 15 is 0 Å². The molecule has 0 spiro atoms. The van der Waals surface area contributed by atoms with Crippen LogP contribution in [0, 0.1) is 0 Å². The van der Waals surface area contributed by atoms with Crippen LogP contribution in [0.1, 0.15) is 15.9 Å². The molecule has 0 saturated carbocycles. The Kier molecular flexibility index (Phi) is 6.67. The lowest BCUT2D eigenvalue weighted by Crippen LogP contribution is -2.18. The number of rotatable bonds is 9. The molecule has 0 unspecified atom stereocenters. The van der Waals surface area contributed by atoms with Gasteiger partial charge in [-0.2, -0.15) is 9.67 Å². The molecule has 34 heavy (non-hydrogen) atoms. The summed E-state index contributed by atoms with van der Waals surface area (Å²) in [5.74, 6) is 2.35. The van der Waals surface area contributed by atoms with Crippen molar-refractivity contribution in [1.82, 2.24) is 14.8 Å². The van der Waals surface area contributed by atoms with Gasteiger partial charge in [-0.1, -0.05) is 12.1 Å². The Hall–Kier alpha value is -4.47. The van der Waals surface area contributed by atoms with Crippen molar-refractivity contribution >= 4 is 11.9 Å². The molecule has 0 aliphatic heterocycles. The van der Waals surface area contributed by atoms with Crippen molar-refractivity contribution in [2.75, 3.05) is 33.8 Å². The van der Waals surface area contributed by atoms with E-state index in [1.54, 1.807) is 31.4 Å². The number of benzene rings is 2. The number of methoxy groups -OCH3 is 4. The molecule has 10 nitrogen and oxygen atoms in total. The van der Waals surface area contributed by atoms with E-state index in [0.29, 0.717) is 29.6 Å². The van der Waals surface area contributed by atoms with E-state index < -0.39 is 5.91 Å². The summed E-state index contributed by atoms with van der Waals surface area (Å²) in [4.78, 5) is 18.0. The second-order valence-corrected chi connectivity index (χ2v) is 7.07. The van der Waals surface area contributed by atoms with Crippen LogP contribution >= 0.6 is 0 Å². The molecule has 4 aromatic rings. The van der Waals surface area contributed by atoms with Crippen molar-refractivity contribution in [1.29, 1.82) is 0 Å². The molecule has 0 fully saturated rings. The lowest BCUT2D eigenvalue weighted by Gasteiger charge is -2.14. The SMILES string of the molecule is COc1ccc(CNc2nc(-c3ccco3)nn2C(=O)c2cc(OC)c(OC)c(OC)c2)cc1. The van der Waals surface area contributed by atoms with E-state index in [-0.39, 0.29) is 17.3 Å². The molecule has 4 rings (SSSR count). The monoisotopic (exact) mass is 464 g/mol. The third-order valence-electron chi connectivity index (χ3n) is 5.06. The smallest absolute Gasteiger partial charge is 0.281 e. The Balaban J connectivity index is 1.70. The molecule has 0 aliphatic rings. The Morgan fingerprint density at radius 2 is 1.68 bits per heavy atom. The second-order valence-electron chi connectivity index (χ2n) is 7.07. The van der Waals surface area contributed by atoms with Gasteiger partial charge in [-0.15, -0.1) is 5.10 Å². The van der Waals surface area contributed by atoms with Gasteiger partial charge < -0.3 is 28.7 Å². The van der Waals surface area contributed by atoms with Crippen LogP contribution < -0.4 is 24.3 Å². The highest BCUT2D eigenvalue weighted by molar-refractivity contribution is 5.98. The molecule has 0 atom stereocenters. The Morgan fingerprint density at radius 3 is 2.24 bits per heavy atom. The van der Waals surface area contributed by atoms with Crippen molar-refractivity contribution < 1.29 is 28.2 Å². The van der Waals surface area contributed by atoms with E-state index in [2.05, 4.69) is 15.4 Å². The first-order valence-electron chi connectivity index (χ1n) is 10.3. The summed E-state index contributed by atoms with van der Waals surface area (Å²) in [6, 6.07) is 14.1. The molecule has 1 N–H and O–H groups in total. The molecule has 0 radical (unpaired) electrons. The zero-order valence-corrected chi connectivity index (χ0v) is 19.2. The molecule has 176 valence electrons. The molecular weight excluding hydrogens is 440 g/mol. The maximum Gasteiger partial charge on any atom is 0.281 e. The number of aromatic nitrogens is 3. The summed E-state index contributed by atoms with van der Waals surface area (Å²) in [6.45, 7) is 0.406. The van der Waals surface area contributed by atoms with Gasteiger partial charge in [-0.05, 0) is 42.0 Å². The van der Waals surface area contributed by atoms with Crippen LogP contribution in [0.15, 0.2) is 59.2 Å². The van der Waals surface area contributed by atoms with Gasteiger partial charge in [0.2, 0.25) is 17.5 Å². The number of carbonyl (C=O) groups excluding carboxylic acids is 1. The molecular formula is C24H24N4O6. The zero-order chi connectivity index (χ0) is 24.1. The molecule has 0 saturated heterocycles. The van der Waals surface area contributed by atoms with Crippen LogP contribution in [-0.4, -0.2) is 49.1 Å². The number of hydrogen-bond donors (Lipinski definition) is 1. The maximum absolute atomic E-state index is 13.5. The summed E-state index contributed by atoms with van der Waals surface area (Å²) in [7, 11) is 6.08. The van der Waals surface area contributed by atoms with E-state index in [9.17, 15) is 4.79 Å². The minimum Gasteiger partial charge on any atom is -0.497 e. The number of ether oxygens (including phenoxy) is 4. The average molecular weight is 464 g/mol. The first kappa shape index (κ1) is 22.7. The fraction of sp³-hybridized carbons (Fsp3) is 0.208. The van der Waals surface area contributed by atoms with Crippen molar-refractivity contribution in [3.63, 3.8) is 0 Å². The first-order chi connectivity index (χ1) is 16.6. The quantitative estimate of drug-likeness (QED) is 0.395. The van der Waals surface area contributed by atoms with Gasteiger partial charge >= 0.3 is 0 Å². The number of hydrogen-bond acceptors (Lipinski definition) is 9. The van der Waals surface area contributed by atoms with Crippen LogP contribution in [0.4, 0.5) is 5.95 Å². The van der Waals surface area contributed by atoms with E-state index in [0.717, 1.165) is 11.3 Å². The minimum atomic E-state index is -0.443. The van der Waals surface area contributed by atoms with Crippen LogP contribution in [0.2, 0.25) is 0 Å². The van der Waals surface area contributed by atoms with Crippen LogP contribution in [-0.2, 0) is 6.54 Å². The predicted octanol–water partition coefficient (Wildman–Crippen LogP) is 3.87. The van der Waals surface area contributed by atoms with E-state index in [1.165, 1.54) is 32.3 Å². The van der Waals surface area contributed by atoms with Gasteiger partial charge in [0.1, 0.15) is 5.75 Å². The summed E-state index contributed by atoms with van der Waals surface area (Å²) in [5, 5.41) is 7.57. The number of anilines is 1. The predicted molar refractivity (Wildman–Crippen MR) is 124 cm³/mol. The fourth-order valence-corrected chi connectivity index (χ4v) is 3.33. The van der Waals surface area contributed by atoms with Crippen LogP contribution in [0.25, 0.3) is 11.6 Å². The van der Waals surface area contributed by atoms with Crippen molar-refractivity contribution in [3.8, 4) is 34.6 Å². The minimum absolute atomic E-state index is 0.251. The Bertz CT molecular complexity index is 1240. The van der Waals surface area contributed by atoms with Gasteiger partial charge in [0.15, 0.2) is 17.3 Å². The standard InChI is InChI=1S/C24H24N4O6/c1-30-17-9-7-15(8-10-17)14-25-24-26-22(18-6-5-11-34-18)27-28(24)23(29)16-12-19(31-2)21(33-4)20(13-16)32-3/h5-13H,14H2,1-4H3,(H,25,26,27).